The fourth-order valence-electron chi connectivity index (χ4n) is 1.38. The summed E-state index contributed by atoms with van der Waals surface area (Å²) >= 11 is 0. The van der Waals surface area contributed by atoms with E-state index in [2.05, 4.69) is 21.2 Å². The van der Waals surface area contributed by atoms with Gasteiger partial charge in [0.25, 0.3) is 5.89 Å². The first kappa shape index (κ1) is 8.76. The van der Waals surface area contributed by atoms with Crippen LogP contribution in [0.5, 0.6) is 5.75 Å². The highest BCUT2D eigenvalue weighted by molar-refractivity contribution is 5.84. The average Bonchev–Trinajstić information content (AvgIpc) is 2.73. The first-order valence-electron chi connectivity index (χ1n) is 4.61. The maximum Gasteiger partial charge on any atom is 0.258 e. The van der Waals surface area contributed by atoms with Gasteiger partial charge in [-0.25, -0.2) is 9.97 Å². The number of hydrogen-bond donors (Lipinski definition) is 1. The zero-order valence-corrected chi connectivity index (χ0v) is 8.08. The van der Waals surface area contributed by atoms with Crippen molar-refractivity contribution in [3.63, 3.8) is 0 Å². The number of oxazole rings is 1. The van der Waals surface area contributed by atoms with Gasteiger partial charge in [-0.15, -0.1) is 0 Å². The highest BCUT2D eigenvalue weighted by Crippen LogP contribution is 2.23. The minimum absolute atomic E-state index is 0.0619. The van der Waals surface area contributed by atoms with Gasteiger partial charge in [0.2, 0.25) is 5.71 Å². The van der Waals surface area contributed by atoms with Crippen LogP contribution in [0.4, 0.5) is 0 Å². The second-order valence-electron chi connectivity index (χ2n) is 3.21. The van der Waals surface area contributed by atoms with E-state index in [1.165, 1.54) is 12.3 Å². The summed E-state index contributed by atoms with van der Waals surface area (Å²) in [7, 11) is 0. The Balaban J connectivity index is 2.15. The Hall–Kier alpha value is -2.52. The Kier molecular flexibility index (Phi) is 1.78. The number of aromatic nitrogens is 2. The number of allylic oxidation sites excluding steroid dienone is 3. The predicted molar refractivity (Wildman–Crippen MR) is 58.0 cm³/mol. The smallest absolute Gasteiger partial charge is 0.258 e. The monoisotopic (exact) mass is 212 g/mol. The number of aliphatic imine (C=N–C) groups is 1. The van der Waals surface area contributed by atoms with E-state index in [1.807, 2.05) is 0 Å². The summed E-state index contributed by atoms with van der Waals surface area (Å²) in [5.74, 6) is 0.487. The predicted octanol–water partition coefficient (Wildman–Crippen LogP) is 1.79. The van der Waals surface area contributed by atoms with E-state index in [1.54, 1.807) is 18.4 Å². The number of hydrogen-bond acceptors (Lipinski definition) is 5. The molecule has 5 heteroatoms. The molecule has 3 rings (SSSR count). The van der Waals surface area contributed by atoms with E-state index in [-0.39, 0.29) is 5.75 Å². The third-order valence-corrected chi connectivity index (χ3v) is 2.10. The normalized spacial score (nSPS) is 13.9. The molecule has 0 radical (unpaired) electrons. The summed E-state index contributed by atoms with van der Waals surface area (Å²) in [4.78, 5) is 12.0. The van der Waals surface area contributed by atoms with Crippen LogP contribution in [0.15, 0.2) is 40.0 Å². The molecule has 0 aromatic carbocycles. The molecule has 1 N–H and O–H groups in total. The zero-order chi connectivity index (χ0) is 11.0. The number of pyridine rings is 1. The van der Waals surface area contributed by atoms with E-state index in [9.17, 15) is 5.11 Å². The molecule has 0 atom stereocenters. The van der Waals surface area contributed by atoms with Crippen LogP contribution in [0, 0.1) is 0 Å². The van der Waals surface area contributed by atoms with Gasteiger partial charge >= 0.3 is 0 Å². The van der Waals surface area contributed by atoms with Gasteiger partial charge in [-0.2, -0.15) is 0 Å². The Morgan fingerprint density at radius 1 is 1.38 bits per heavy atom. The largest absolute Gasteiger partial charge is 0.506 e. The van der Waals surface area contributed by atoms with Gasteiger partial charge in [-0.1, -0.05) is 4.99 Å². The second kappa shape index (κ2) is 3.25. The maximum atomic E-state index is 9.25. The van der Waals surface area contributed by atoms with Crippen molar-refractivity contribution in [2.24, 2.45) is 4.99 Å². The van der Waals surface area contributed by atoms with Crippen molar-refractivity contribution in [2.75, 3.05) is 0 Å². The van der Waals surface area contributed by atoms with Crippen LogP contribution in [-0.2, 0) is 0 Å². The van der Waals surface area contributed by atoms with Crippen LogP contribution in [-0.4, -0.2) is 21.3 Å². The highest BCUT2D eigenvalue weighted by atomic mass is 16.4. The molecular formula is C11H6N3O2+. The lowest BCUT2D eigenvalue weighted by Gasteiger charge is -1.87. The first-order chi connectivity index (χ1) is 7.83. The lowest BCUT2D eigenvalue weighted by Crippen LogP contribution is -1.83. The van der Waals surface area contributed by atoms with Gasteiger partial charge in [0, 0.05) is 6.07 Å². The van der Waals surface area contributed by atoms with Crippen LogP contribution in [0.2, 0.25) is 0 Å². The van der Waals surface area contributed by atoms with Gasteiger partial charge in [-0.05, 0) is 0 Å². The fraction of sp³-hybridized carbons (Fsp3) is 0. The van der Waals surface area contributed by atoms with E-state index < -0.39 is 0 Å². The van der Waals surface area contributed by atoms with Crippen molar-refractivity contribution >= 4 is 23.0 Å². The van der Waals surface area contributed by atoms with Gasteiger partial charge in [0.15, 0.2) is 18.0 Å². The number of nitrogens with zero attached hydrogens (tertiary/aromatic N) is 3. The van der Waals surface area contributed by atoms with Gasteiger partial charge in [-0.3, -0.25) is 0 Å². The maximum absolute atomic E-state index is 9.25. The topological polar surface area (TPSA) is 71.5 Å². The Morgan fingerprint density at radius 3 is 3.12 bits per heavy atom. The molecule has 2 aromatic rings. The fourth-order valence-corrected chi connectivity index (χ4v) is 1.38. The molecule has 1 aliphatic heterocycles. The third-order valence-electron chi connectivity index (χ3n) is 2.10. The molecule has 0 aliphatic carbocycles. The van der Waals surface area contributed by atoms with Crippen molar-refractivity contribution in [3.8, 4) is 5.75 Å². The van der Waals surface area contributed by atoms with Crippen molar-refractivity contribution in [2.45, 2.75) is 0 Å². The average molecular weight is 212 g/mol. The molecule has 0 bridgehead atoms. The summed E-state index contributed by atoms with van der Waals surface area (Å²) in [6, 6.07) is 1.50. The Bertz CT molecular complexity index is 638. The van der Waals surface area contributed by atoms with Crippen molar-refractivity contribution < 1.29 is 9.52 Å². The summed E-state index contributed by atoms with van der Waals surface area (Å²) in [5.41, 5.74) is 1.65. The molecule has 76 valence electrons. The Morgan fingerprint density at radius 2 is 2.31 bits per heavy atom. The Labute approximate surface area is 90.5 Å². The van der Waals surface area contributed by atoms with Crippen molar-refractivity contribution in [1.29, 1.82) is 0 Å². The van der Waals surface area contributed by atoms with E-state index in [0.717, 1.165) is 5.57 Å². The molecule has 5 nitrogen and oxygen atoms in total. The lowest BCUT2D eigenvalue weighted by atomic mass is 10.2. The SMILES string of the molecule is Oc1cnc2oc(C3=CN=[C+]C=C3)nc2c1. The summed E-state index contributed by atoms with van der Waals surface area (Å²) < 4.78 is 5.42. The summed E-state index contributed by atoms with van der Waals surface area (Å²) in [6.07, 6.45) is 9.05. The van der Waals surface area contributed by atoms with Crippen LogP contribution < -0.4 is 0 Å². The molecule has 0 saturated carbocycles. The lowest BCUT2D eigenvalue weighted by molar-refractivity contribution is 0.472. The molecule has 0 fully saturated rings. The summed E-state index contributed by atoms with van der Waals surface area (Å²) in [6.45, 7) is 0. The standard InChI is InChI=1S/C11H5N3O2/c15-8-4-9-11(13-6-8)16-10(14-9)7-2-1-3-12-5-7/h1-2,4-6H/p+1. The number of rotatable bonds is 1. The zero-order valence-electron chi connectivity index (χ0n) is 8.08. The van der Waals surface area contributed by atoms with Gasteiger partial charge in [0.1, 0.15) is 17.3 Å². The van der Waals surface area contributed by atoms with Crippen molar-refractivity contribution in [1.82, 2.24) is 9.97 Å². The van der Waals surface area contributed by atoms with Crippen LogP contribution >= 0.6 is 0 Å². The minimum atomic E-state index is 0.0619. The van der Waals surface area contributed by atoms with E-state index >= 15 is 0 Å². The van der Waals surface area contributed by atoms with Crippen LogP contribution in [0.25, 0.3) is 16.8 Å². The van der Waals surface area contributed by atoms with Crippen LogP contribution in [0.1, 0.15) is 5.89 Å². The molecule has 2 aromatic heterocycles. The van der Waals surface area contributed by atoms with E-state index in [4.69, 9.17) is 4.42 Å². The molecule has 0 spiro atoms. The second-order valence-corrected chi connectivity index (χ2v) is 3.21. The van der Waals surface area contributed by atoms with Gasteiger partial charge in [0.05, 0.1) is 12.3 Å². The number of fused-ring (bicyclic) bond motifs is 1. The van der Waals surface area contributed by atoms with Crippen LogP contribution in [0.3, 0.4) is 0 Å². The molecule has 1 aliphatic rings. The molecule has 0 unspecified atom stereocenters. The molecule has 0 amide bonds. The molecule has 0 saturated heterocycles. The van der Waals surface area contributed by atoms with E-state index in [0.29, 0.717) is 17.1 Å². The molecular weight excluding hydrogens is 206 g/mol. The highest BCUT2D eigenvalue weighted by Gasteiger charge is 2.15. The van der Waals surface area contributed by atoms with Gasteiger partial charge < -0.3 is 9.52 Å². The van der Waals surface area contributed by atoms with Crippen molar-refractivity contribution in [3.05, 3.63) is 36.5 Å². The molecule has 16 heavy (non-hydrogen) atoms. The minimum Gasteiger partial charge on any atom is -0.506 e. The third kappa shape index (κ3) is 1.36. The first-order valence-corrected chi connectivity index (χ1v) is 4.61. The number of aromatic hydroxyl groups is 1. The quantitative estimate of drug-likeness (QED) is 0.731. The summed E-state index contributed by atoms with van der Waals surface area (Å²) in [5, 5.41) is 9.25. The molecule has 3 heterocycles.